The number of thioether (sulfide) groups is 1. The van der Waals surface area contributed by atoms with Crippen LogP contribution >= 0.6 is 11.8 Å². The number of aliphatic hydroxyl groups is 1. The summed E-state index contributed by atoms with van der Waals surface area (Å²) in [6, 6.07) is 20.1. The van der Waals surface area contributed by atoms with Gasteiger partial charge in [-0.15, -0.1) is 0 Å². The maximum absolute atomic E-state index is 10.7. The SMILES string of the molecule is CC1OC(Sc2ccccc2)C(OCc2ccccc2)C(O)C1C. The molecule has 0 radical (unpaired) electrons. The van der Waals surface area contributed by atoms with E-state index in [-0.39, 0.29) is 23.6 Å². The highest BCUT2D eigenvalue weighted by Crippen LogP contribution is 2.37. The first kappa shape index (κ1) is 17.5. The maximum atomic E-state index is 10.7. The highest BCUT2D eigenvalue weighted by Gasteiger charge is 2.42. The number of ether oxygens (including phenoxy) is 2. The van der Waals surface area contributed by atoms with Crippen LogP contribution in [0.2, 0.25) is 0 Å². The van der Waals surface area contributed by atoms with Gasteiger partial charge in [0.15, 0.2) is 0 Å². The summed E-state index contributed by atoms with van der Waals surface area (Å²) in [6.07, 6.45) is -0.905. The van der Waals surface area contributed by atoms with Gasteiger partial charge in [0.1, 0.15) is 11.5 Å². The van der Waals surface area contributed by atoms with E-state index in [0.717, 1.165) is 10.5 Å². The van der Waals surface area contributed by atoms with Crippen LogP contribution in [0.4, 0.5) is 0 Å². The van der Waals surface area contributed by atoms with Gasteiger partial charge in [0.2, 0.25) is 0 Å². The maximum Gasteiger partial charge on any atom is 0.136 e. The average molecular weight is 344 g/mol. The molecule has 1 aliphatic rings. The van der Waals surface area contributed by atoms with Gasteiger partial charge in [-0.05, 0) is 24.6 Å². The van der Waals surface area contributed by atoms with Gasteiger partial charge in [-0.1, -0.05) is 67.2 Å². The Hall–Kier alpha value is -1.33. The van der Waals surface area contributed by atoms with Gasteiger partial charge in [-0.3, -0.25) is 0 Å². The quantitative estimate of drug-likeness (QED) is 0.886. The fraction of sp³-hybridized carbons (Fsp3) is 0.400. The molecule has 2 aromatic rings. The minimum Gasteiger partial charge on any atom is -0.390 e. The van der Waals surface area contributed by atoms with E-state index < -0.39 is 6.10 Å². The number of hydrogen-bond acceptors (Lipinski definition) is 4. The van der Waals surface area contributed by atoms with E-state index in [9.17, 15) is 5.11 Å². The summed E-state index contributed by atoms with van der Waals surface area (Å²) in [5.41, 5.74) is 0.872. The van der Waals surface area contributed by atoms with Gasteiger partial charge < -0.3 is 14.6 Å². The fourth-order valence-electron chi connectivity index (χ4n) is 2.82. The van der Waals surface area contributed by atoms with Gasteiger partial charge in [-0.2, -0.15) is 0 Å². The molecule has 0 saturated carbocycles. The van der Waals surface area contributed by atoms with Crippen molar-refractivity contribution in [3.05, 3.63) is 66.2 Å². The molecule has 0 amide bonds. The molecule has 5 atom stereocenters. The van der Waals surface area contributed by atoms with E-state index in [2.05, 4.69) is 12.1 Å². The predicted octanol–water partition coefficient (Wildman–Crippen LogP) is 4.11. The van der Waals surface area contributed by atoms with Crippen LogP contribution in [-0.2, 0) is 16.1 Å². The molecule has 3 nitrogen and oxygen atoms in total. The molecule has 3 rings (SSSR count). The zero-order valence-corrected chi connectivity index (χ0v) is 14.9. The normalized spacial score (nSPS) is 30.2. The Morgan fingerprint density at radius 3 is 2.29 bits per heavy atom. The van der Waals surface area contributed by atoms with Gasteiger partial charge in [0, 0.05) is 10.8 Å². The molecule has 1 saturated heterocycles. The Morgan fingerprint density at radius 2 is 1.62 bits per heavy atom. The summed E-state index contributed by atoms with van der Waals surface area (Å²) in [4.78, 5) is 1.12. The third-order valence-corrected chi connectivity index (χ3v) is 5.67. The number of rotatable bonds is 5. The highest BCUT2D eigenvalue weighted by molar-refractivity contribution is 7.99. The second-order valence-electron chi connectivity index (χ2n) is 6.25. The second-order valence-corrected chi connectivity index (χ2v) is 7.42. The lowest BCUT2D eigenvalue weighted by Gasteiger charge is -2.42. The minimum absolute atomic E-state index is 0.00205. The van der Waals surface area contributed by atoms with Crippen LogP contribution in [-0.4, -0.2) is 28.9 Å². The monoisotopic (exact) mass is 344 g/mol. The zero-order valence-electron chi connectivity index (χ0n) is 14.0. The highest BCUT2D eigenvalue weighted by atomic mass is 32.2. The Morgan fingerprint density at radius 1 is 1.00 bits per heavy atom. The van der Waals surface area contributed by atoms with Crippen LogP contribution in [0, 0.1) is 5.92 Å². The van der Waals surface area contributed by atoms with Gasteiger partial charge in [0.25, 0.3) is 0 Å². The Bertz CT molecular complexity index is 619. The summed E-state index contributed by atoms with van der Waals surface area (Å²) in [7, 11) is 0. The number of hydrogen-bond donors (Lipinski definition) is 1. The molecule has 1 heterocycles. The average Bonchev–Trinajstić information content (AvgIpc) is 2.61. The fourth-order valence-corrected chi connectivity index (χ4v) is 4.01. The first-order chi connectivity index (χ1) is 11.6. The molecule has 4 heteroatoms. The lowest BCUT2D eigenvalue weighted by atomic mass is 9.92. The van der Waals surface area contributed by atoms with Crippen LogP contribution in [0.25, 0.3) is 0 Å². The molecule has 2 aromatic carbocycles. The molecule has 1 aliphatic heterocycles. The van der Waals surface area contributed by atoms with Crippen LogP contribution in [0.15, 0.2) is 65.6 Å². The van der Waals surface area contributed by atoms with Gasteiger partial charge in [-0.25, -0.2) is 0 Å². The topological polar surface area (TPSA) is 38.7 Å². The summed E-state index contributed by atoms with van der Waals surface area (Å²) in [5, 5.41) is 10.7. The molecule has 0 aromatic heterocycles. The largest absolute Gasteiger partial charge is 0.390 e. The third kappa shape index (κ3) is 4.19. The molecule has 0 spiro atoms. The van der Waals surface area contributed by atoms with Crippen molar-refractivity contribution in [2.75, 3.05) is 0 Å². The van der Waals surface area contributed by atoms with Gasteiger partial charge >= 0.3 is 0 Å². The van der Waals surface area contributed by atoms with Crippen molar-refractivity contribution in [3.8, 4) is 0 Å². The molecule has 5 unspecified atom stereocenters. The standard InChI is InChI=1S/C20H24O3S/c1-14-15(2)23-20(24-17-11-7-4-8-12-17)19(18(14)21)22-13-16-9-5-3-6-10-16/h3-12,14-15,18-21H,13H2,1-2H3. The summed E-state index contributed by atoms with van der Waals surface area (Å²) >= 11 is 1.61. The van der Waals surface area contributed by atoms with Crippen molar-refractivity contribution in [2.45, 2.75) is 49.1 Å². The second kappa shape index (κ2) is 8.17. The Balaban J connectivity index is 1.72. The summed E-state index contributed by atoms with van der Waals surface area (Å²) in [6.45, 7) is 4.50. The number of benzene rings is 2. The van der Waals surface area contributed by atoms with Gasteiger partial charge in [0.05, 0.1) is 18.8 Å². The van der Waals surface area contributed by atoms with Crippen LogP contribution in [0.3, 0.4) is 0 Å². The van der Waals surface area contributed by atoms with Crippen molar-refractivity contribution in [1.29, 1.82) is 0 Å². The molecular formula is C20H24O3S. The van der Waals surface area contributed by atoms with E-state index in [0.29, 0.717) is 6.61 Å². The summed E-state index contributed by atoms with van der Waals surface area (Å²) < 4.78 is 12.2. The number of aliphatic hydroxyl groups excluding tert-OH is 1. The smallest absolute Gasteiger partial charge is 0.136 e. The van der Waals surface area contributed by atoms with Crippen LogP contribution in [0.5, 0.6) is 0 Å². The van der Waals surface area contributed by atoms with Crippen molar-refractivity contribution < 1.29 is 14.6 Å². The Labute approximate surface area is 148 Å². The predicted molar refractivity (Wildman–Crippen MR) is 96.8 cm³/mol. The van der Waals surface area contributed by atoms with E-state index in [1.54, 1.807) is 11.8 Å². The lowest BCUT2D eigenvalue weighted by Crippen LogP contribution is -2.52. The lowest BCUT2D eigenvalue weighted by molar-refractivity contribution is -0.184. The van der Waals surface area contributed by atoms with Crippen molar-refractivity contribution in [1.82, 2.24) is 0 Å². The Kier molecular flexibility index (Phi) is 5.95. The third-order valence-electron chi connectivity index (χ3n) is 4.51. The van der Waals surface area contributed by atoms with Crippen LogP contribution < -0.4 is 0 Å². The van der Waals surface area contributed by atoms with E-state index in [4.69, 9.17) is 9.47 Å². The molecule has 128 valence electrons. The molecule has 1 fully saturated rings. The minimum atomic E-state index is -0.543. The first-order valence-corrected chi connectivity index (χ1v) is 9.24. The molecule has 0 bridgehead atoms. The first-order valence-electron chi connectivity index (χ1n) is 8.36. The molecule has 24 heavy (non-hydrogen) atoms. The van der Waals surface area contributed by atoms with E-state index >= 15 is 0 Å². The zero-order chi connectivity index (χ0) is 16.9. The summed E-state index contributed by atoms with van der Waals surface area (Å²) in [5.74, 6) is 0.0402. The van der Waals surface area contributed by atoms with Crippen LogP contribution in [0.1, 0.15) is 19.4 Å². The van der Waals surface area contributed by atoms with Crippen molar-refractivity contribution in [3.63, 3.8) is 0 Å². The van der Waals surface area contributed by atoms with Crippen molar-refractivity contribution in [2.24, 2.45) is 5.92 Å². The molecule has 1 N–H and O–H groups in total. The molecule has 0 aliphatic carbocycles. The molecular weight excluding hydrogens is 320 g/mol. The van der Waals surface area contributed by atoms with E-state index in [1.807, 2.05) is 62.4 Å². The van der Waals surface area contributed by atoms with E-state index in [1.165, 1.54) is 0 Å². The van der Waals surface area contributed by atoms with Crippen molar-refractivity contribution >= 4 is 11.8 Å².